The minimum atomic E-state index is -1.04. The van der Waals surface area contributed by atoms with Gasteiger partial charge >= 0.3 is 6.03 Å². The lowest BCUT2D eigenvalue weighted by atomic mass is 10.00. The normalized spacial score (nSPS) is 18.8. The van der Waals surface area contributed by atoms with Gasteiger partial charge in [-0.2, -0.15) is 10.1 Å². The Hall–Kier alpha value is -3.46. The van der Waals surface area contributed by atoms with Crippen LogP contribution in [0.1, 0.15) is 30.8 Å². The molecule has 0 radical (unpaired) electrons. The molecular formula is C20H19N5O3S. The van der Waals surface area contributed by atoms with Crippen LogP contribution in [0, 0.1) is 0 Å². The number of nitrogens with one attached hydrogen (secondary N) is 2. The lowest BCUT2D eigenvalue weighted by molar-refractivity contribution is -0.132. The molecule has 4 amide bonds. The highest BCUT2D eigenvalue weighted by Gasteiger charge is 2.47. The molecule has 1 saturated heterocycles. The number of carbonyl (C=O) groups is 3. The molecule has 1 aliphatic heterocycles. The van der Waals surface area contributed by atoms with E-state index in [2.05, 4.69) is 15.8 Å². The van der Waals surface area contributed by atoms with Gasteiger partial charge in [0.25, 0.3) is 11.8 Å². The number of aromatic nitrogens is 2. The van der Waals surface area contributed by atoms with E-state index in [0.717, 1.165) is 9.89 Å². The Balaban J connectivity index is 1.69. The average molecular weight is 409 g/mol. The number of nitrogens with zero attached hydrogens (tertiary/aromatic N) is 3. The summed E-state index contributed by atoms with van der Waals surface area (Å²) in [5, 5.41) is 9.84. The van der Waals surface area contributed by atoms with Gasteiger partial charge in [-0.05, 0) is 43.0 Å². The van der Waals surface area contributed by atoms with E-state index in [1.165, 1.54) is 16.0 Å². The van der Waals surface area contributed by atoms with Gasteiger partial charge in [0, 0.05) is 0 Å². The molecule has 1 aliphatic rings. The van der Waals surface area contributed by atoms with Gasteiger partial charge in [0.2, 0.25) is 0 Å². The summed E-state index contributed by atoms with van der Waals surface area (Å²) >= 11 is 1.51. The van der Waals surface area contributed by atoms with E-state index in [1.807, 2.05) is 47.8 Å². The SMILES string of the molecule is CCC1(C)NC(=O)N(NC(=O)c2cc(-c3cccs3)nn2-c2ccccc2)C1=O. The minimum Gasteiger partial charge on any atom is -0.322 e. The fraction of sp³-hybridized carbons (Fsp3) is 0.200. The molecule has 2 N–H and O–H groups in total. The van der Waals surface area contributed by atoms with E-state index in [9.17, 15) is 14.4 Å². The second-order valence-electron chi connectivity index (χ2n) is 6.84. The van der Waals surface area contributed by atoms with Gasteiger partial charge in [-0.15, -0.1) is 11.3 Å². The van der Waals surface area contributed by atoms with Gasteiger partial charge in [0.1, 0.15) is 16.9 Å². The summed E-state index contributed by atoms with van der Waals surface area (Å²) in [5.41, 5.74) is 2.93. The molecule has 4 rings (SSSR count). The van der Waals surface area contributed by atoms with E-state index < -0.39 is 23.4 Å². The molecule has 9 heteroatoms. The summed E-state index contributed by atoms with van der Waals surface area (Å²) in [4.78, 5) is 38.8. The van der Waals surface area contributed by atoms with Crippen molar-refractivity contribution in [3.63, 3.8) is 0 Å². The van der Waals surface area contributed by atoms with Crippen LogP contribution >= 0.6 is 11.3 Å². The first-order valence-electron chi connectivity index (χ1n) is 9.10. The zero-order valence-corrected chi connectivity index (χ0v) is 16.7. The molecule has 8 nitrogen and oxygen atoms in total. The Bertz CT molecular complexity index is 1080. The lowest BCUT2D eigenvalue weighted by Crippen LogP contribution is -2.48. The predicted octanol–water partition coefficient (Wildman–Crippen LogP) is 2.97. The molecule has 0 bridgehead atoms. The number of rotatable bonds is 5. The summed E-state index contributed by atoms with van der Waals surface area (Å²) in [6.07, 6.45) is 0.411. The molecular weight excluding hydrogens is 390 g/mol. The van der Waals surface area contributed by atoms with Crippen LogP contribution < -0.4 is 10.7 Å². The number of urea groups is 1. The van der Waals surface area contributed by atoms with E-state index >= 15 is 0 Å². The number of amides is 4. The number of hydrazine groups is 1. The third-order valence-electron chi connectivity index (χ3n) is 4.90. The Morgan fingerprint density at radius 3 is 2.59 bits per heavy atom. The van der Waals surface area contributed by atoms with Crippen molar-refractivity contribution in [2.75, 3.05) is 0 Å². The number of para-hydroxylation sites is 1. The largest absolute Gasteiger partial charge is 0.344 e. The van der Waals surface area contributed by atoms with Crippen LogP contribution in [0.5, 0.6) is 0 Å². The lowest BCUT2D eigenvalue weighted by Gasteiger charge is -2.19. The number of hydrogen-bond acceptors (Lipinski definition) is 5. The molecule has 3 aromatic rings. The highest BCUT2D eigenvalue weighted by Crippen LogP contribution is 2.26. The fourth-order valence-corrected chi connectivity index (χ4v) is 3.72. The summed E-state index contributed by atoms with van der Waals surface area (Å²) in [6.45, 7) is 3.42. The van der Waals surface area contributed by atoms with Crippen LogP contribution in [0.3, 0.4) is 0 Å². The van der Waals surface area contributed by atoms with Crippen LogP contribution in [0.4, 0.5) is 4.79 Å². The standard InChI is InChI=1S/C20H19N5O3S/c1-3-20(2)18(27)25(19(28)21-20)23-17(26)15-12-14(16-10-7-11-29-16)22-24(15)13-8-5-4-6-9-13/h4-12H,3H2,1-2H3,(H,21,28)(H,23,26). The molecule has 3 heterocycles. The molecule has 1 aromatic carbocycles. The fourth-order valence-electron chi connectivity index (χ4n) is 3.04. The topological polar surface area (TPSA) is 96.3 Å². The summed E-state index contributed by atoms with van der Waals surface area (Å²) in [6, 6.07) is 14.0. The van der Waals surface area contributed by atoms with Crippen molar-refractivity contribution in [1.29, 1.82) is 0 Å². The molecule has 148 valence electrons. The molecule has 1 unspecified atom stereocenters. The summed E-state index contributed by atoms with van der Waals surface area (Å²) in [5.74, 6) is -1.10. The summed E-state index contributed by atoms with van der Waals surface area (Å²) in [7, 11) is 0. The van der Waals surface area contributed by atoms with Crippen molar-refractivity contribution in [3.8, 4) is 16.3 Å². The maximum atomic E-state index is 13.0. The van der Waals surface area contributed by atoms with Crippen molar-refractivity contribution in [3.05, 3.63) is 59.6 Å². The van der Waals surface area contributed by atoms with Gasteiger partial charge in [-0.3, -0.25) is 15.0 Å². The Labute approximate surface area is 171 Å². The zero-order chi connectivity index (χ0) is 20.6. The zero-order valence-electron chi connectivity index (χ0n) is 15.9. The first-order valence-corrected chi connectivity index (χ1v) is 9.98. The number of carbonyl (C=O) groups excluding carboxylic acids is 3. The smallest absolute Gasteiger partial charge is 0.322 e. The molecule has 0 aliphatic carbocycles. The second-order valence-corrected chi connectivity index (χ2v) is 7.78. The Morgan fingerprint density at radius 1 is 1.21 bits per heavy atom. The number of hydrogen-bond donors (Lipinski definition) is 2. The van der Waals surface area contributed by atoms with Gasteiger partial charge < -0.3 is 5.32 Å². The minimum absolute atomic E-state index is 0.213. The number of benzene rings is 1. The number of imide groups is 1. The maximum Gasteiger partial charge on any atom is 0.344 e. The maximum absolute atomic E-state index is 13.0. The van der Waals surface area contributed by atoms with Crippen molar-refractivity contribution >= 4 is 29.2 Å². The van der Waals surface area contributed by atoms with Crippen LogP contribution in [0.2, 0.25) is 0 Å². The van der Waals surface area contributed by atoms with Gasteiger partial charge in [0.05, 0.1) is 10.6 Å². The highest BCUT2D eigenvalue weighted by atomic mass is 32.1. The van der Waals surface area contributed by atoms with Crippen molar-refractivity contribution in [2.45, 2.75) is 25.8 Å². The van der Waals surface area contributed by atoms with Gasteiger partial charge in [-0.1, -0.05) is 31.2 Å². The monoisotopic (exact) mass is 409 g/mol. The van der Waals surface area contributed by atoms with E-state index in [0.29, 0.717) is 17.8 Å². The summed E-state index contributed by atoms with van der Waals surface area (Å²) < 4.78 is 1.50. The first-order chi connectivity index (χ1) is 13.9. The van der Waals surface area contributed by atoms with Crippen molar-refractivity contribution < 1.29 is 14.4 Å². The van der Waals surface area contributed by atoms with Crippen molar-refractivity contribution in [1.82, 2.24) is 25.5 Å². The first kappa shape index (κ1) is 18.9. The Morgan fingerprint density at radius 2 is 1.97 bits per heavy atom. The van der Waals surface area contributed by atoms with E-state index in [4.69, 9.17) is 0 Å². The second kappa shape index (κ2) is 7.17. The third kappa shape index (κ3) is 3.29. The van der Waals surface area contributed by atoms with Crippen LogP contribution in [-0.2, 0) is 4.79 Å². The molecule has 1 atom stereocenters. The molecule has 29 heavy (non-hydrogen) atoms. The quantitative estimate of drug-likeness (QED) is 0.633. The van der Waals surface area contributed by atoms with Crippen LogP contribution in [-0.4, -0.2) is 38.2 Å². The van der Waals surface area contributed by atoms with Crippen molar-refractivity contribution in [2.24, 2.45) is 0 Å². The Kier molecular flexibility index (Phi) is 4.67. The number of thiophene rings is 1. The van der Waals surface area contributed by atoms with Crippen LogP contribution in [0.25, 0.3) is 16.3 Å². The molecule has 0 saturated carbocycles. The van der Waals surface area contributed by atoms with E-state index in [1.54, 1.807) is 19.9 Å². The highest BCUT2D eigenvalue weighted by molar-refractivity contribution is 7.13. The van der Waals surface area contributed by atoms with Crippen LogP contribution in [0.15, 0.2) is 53.9 Å². The average Bonchev–Trinajstić information content (AvgIpc) is 3.44. The molecule has 2 aromatic heterocycles. The predicted molar refractivity (Wildman–Crippen MR) is 108 cm³/mol. The third-order valence-corrected chi connectivity index (χ3v) is 5.79. The molecule has 0 spiro atoms. The van der Waals surface area contributed by atoms with Gasteiger partial charge in [0.15, 0.2) is 0 Å². The molecule has 1 fully saturated rings. The van der Waals surface area contributed by atoms with Gasteiger partial charge in [-0.25, -0.2) is 9.48 Å². The van der Waals surface area contributed by atoms with E-state index in [-0.39, 0.29) is 5.69 Å².